The molecule has 0 heterocycles. The summed E-state index contributed by atoms with van der Waals surface area (Å²) < 4.78 is 66.2. The summed E-state index contributed by atoms with van der Waals surface area (Å²) in [5, 5.41) is 0. The highest BCUT2D eigenvalue weighted by Gasteiger charge is 2.14. The van der Waals surface area contributed by atoms with Crippen LogP contribution in [-0.4, -0.2) is 43.1 Å². The summed E-state index contributed by atoms with van der Waals surface area (Å²) in [5.41, 5.74) is 0. The highest BCUT2D eigenvalue weighted by Crippen LogP contribution is 2.18. The number of sulfonamides is 2. The third-order valence-corrected chi connectivity index (χ3v) is 8.08. The van der Waals surface area contributed by atoms with E-state index in [0.29, 0.717) is 62.5 Å². The molecule has 0 saturated heterocycles. The standard InChI is InChI=1S/C26H40N2O6S2/c1-21(2)19-33-23-9-13-25(14-10-23)35(29,30)27-17-7-5-6-8-18-28-36(31,32)26-15-11-24(12-16-26)34-20-22(3)4/h9-16,21-22,27-28H,5-8,17-20H2,1-4H3. The first-order valence-corrected chi connectivity index (χ1v) is 15.4. The fourth-order valence-corrected chi connectivity index (χ4v) is 5.29. The zero-order valence-electron chi connectivity index (χ0n) is 21.7. The van der Waals surface area contributed by atoms with Gasteiger partial charge in [-0.15, -0.1) is 0 Å². The van der Waals surface area contributed by atoms with Crippen molar-refractivity contribution in [1.82, 2.24) is 9.44 Å². The topological polar surface area (TPSA) is 111 Å². The van der Waals surface area contributed by atoms with Gasteiger partial charge in [0.2, 0.25) is 20.0 Å². The molecule has 0 aliphatic carbocycles. The summed E-state index contributed by atoms with van der Waals surface area (Å²) in [4.78, 5) is 0.404. The Balaban J connectivity index is 1.64. The van der Waals surface area contributed by atoms with Crippen LogP contribution in [0.15, 0.2) is 58.3 Å². The van der Waals surface area contributed by atoms with Gasteiger partial charge >= 0.3 is 0 Å². The summed E-state index contributed by atoms with van der Waals surface area (Å²) in [6.45, 7) is 9.99. The van der Waals surface area contributed by atoms with Gasteiger partial charge in [0.25, 0.3) is 0 Å². The predicted octanol–water partition coefficient (Wildman–Crippen LogP) is 4.57. The fourth-order valence-electron chi connectivity index (χ4n) is 3.14. The van der Waals surface area contributed by atoms with Crippen molar-refractivity contribution < 1.29 is 26.3 Å². The van der Waals surface area contributed by atoms with Crippen molar-refractivity contribution in [2.75, 3.05) is 26.3 Å². The van der Waals surface area contributed by atoms with E-state index in [9.17, 15) is 16.8 Å². The van der Waals surface area contributed by atoms with Gasteiger partial charge in [0.05, 0.1) is 23.0 Å². The third kappa shape index (κ3) is 10.9. The number of rotatable bonds is 17. The zero-order valence-corrected chi connectivity index (χ0v) is 23.3. The van der Waals surface area contributed by atoms with Crippen molar-refractivity contribution in [2.45, 2.75) is 63.2 Å². The lowest BCUT2D eigenvalue weighted by Crippen LogP contribution is -2.25. The van der Waals surface area contributed by atoms with Crippen LogP contribution in [-0.2, 0) is 20.0 Å². The molecule has 0 bridgehead atoms. The molecule has 0 saturated carbocycles. The maximum Gasteiger partial charge on any atom is 0.240 e. The van der Waals surface area contributed by atoms with Crippen LogP contribution >= 0.6 is 0 Å². The van der Waals surface area contributed by atoms with Crippen LogP contribution in [0.1, 0.15) is 53.4 Å². The molecule has 2 aromatic carbocycles. The van der Waals surface area contributed by atoms with E-state index >= 15 is 0 Å². The number of nitrogens with one attached hydrogen (secondary N) is 2. The first kappa shape index (κ1) is 30.1. The van der Waals surface area contributed by atoms with Crippen molar-refractivity contribution in [3.8, 4) is 11.5 Å². The third-order valence-electron chi connectivity index (χ3n) is 5.12. The van der Waals surface area contributed by atoms with Crippen LogP contribution in [0, 0.1) is 11.8 Å². The fraction of sp³-hybridized carbons (Fsp3) is 0.538. The Morgan fingerprint density at radius 2 is 0.917 bits per heavy atom. The first-order chi connectivity index (χ1) is 17.0. The smallest absolute Gasteiger partial charge is 0.240 e. The molecule has 0 aromatic heterocycles. The zero-order chi connectivity index (χ0) is 26.6. The average molecular weight is 541 g/mol. The molecule has 36 heavy (non-hydrogen) atoms. The van der Waals surface area contributed by atoms with Gasteiger partial charge in [0, 0.05) is 13.1 Å². The molecule has 0 aliphatic heterocycles. The number of ether oxygens (including phenoxy) is 2. The maximum atomic E-state index is 12.4. The van der Waals surface area contributed by atoms with Crippen molar-refractivity contribution >= 4 is 20.0 Å². The Bertz CT molecular complexity index is 1020. The molecule has 2 rings (SSSR count). The Morgan fingerprint density at radius 3 is 1.22 bits per heavy atom. The molecule has 2 N–H and O–H groups in total. The van der Waals surface area contributed by atoms with Crippen molar-refractivity contribution in [3.05, 3.63) is 48.5 Å². The van der Waals surface area contributed by atoms with Gasteiger partial charge in [-0.1, -0.05) is 40.5 Å². The molecule has 0 atom stereocenters. The molecule has 10 heteroatoms. The van der Waals surface area contributed by atoms with Gasteiger partial charge in [0.1, 0.15) is 11.5 Å². The summed E-state index contributed by atoms with van der Waals surface area (Å²) in [7, 11) is -7.15. The summed E-state index contributed by atoms with van der Waals surface area (Å²) in [6, 6.07) is 12.8. The lowest BCUT2D eigenvalue weighted by Gasteiger charge is -2.11. The SMILES string of the molecule is CC(C)COc1ccc(S(=O)(=O)NCCCCCCNS(=O)(=O)c2ccc(OCC(C)C)cc2)cc1. The van der Waals surface area contributed by atoms with Gasteiger partial charge in [0.15, 0.2) is 0 Å². The highest BCUT2D eigenvalue weighted by molar-refractivity contribution is 7.89. The second-order valence-corrected chi connectivity index (χ2v) is 13.1. The molecular weight excluding hydrogens is 500 g/mol. The van der Waals surface area contributed by atoms with E-state index in [0.717, 1.165) is 12.8 Å². The Kier molecular flexibility index (Phi) is 12.2. The Morgan fingerprint density at radius 1 is 0.583 bits per heavy atom. The number of unbranched alkanes of at least 4 members (excludes halogenated alkanes) is 3. The van der Waals surface area contributed by atoms with Crippen molar-refractivity contribution in [3.63, 3.8) is 0 Å². The maximum absolute atomic E-state index is 12.4. The van der Waals surface area contributed by atoms with E-state index in [-0.39, 0.29) is 9.79 Å². The number of benzene rings is 2. The Labute approximate surface area is 216 Å². The summed E-state index contributed by atoms with van der Waals surface area (Å²) in [6.07, 6.45) is 2.90. The highest BCUT2D eigenvalue weighted by atomic mass is 32.2. The molecule has 0 amide bonds. The molecule has 0 aliphatic rings. The Hall–Kier alpha value is -2.14. The van der Waals surface area contributed by atoms with E-state index in [1.54, 1.807) is 24.3 Å². The molecule has 0 spiro atoms. The molecule has 0 radical (unpaired) electrons. The largest absolute Gasteiger partial charge is 0.493 e. The van der Waals surface area contributed by atoms with Crippen LogP contribution < -0.4 is 18.9 Å². The van der Waals surface area contributed by atoms with Crippen molar-refractivity contribution in [2.24, 2.45) is 11.8 Å². The van der Waals surface area contributed by atoms with Gasteiger partial charge in [-0.05, 0) is 73.2 Å². The van der Waals surface area contributed by atoms with Gasteiger partial charge in [-0.2, -0.15) is 0 Å². The minimum atomic E-state index is -3.57. The quantitative estimate of drug-likeness (QED) is 0.284. The predicted molar refractivity (Wildman–Crippen MR) is 142 cm³/mol. The first-order valence-electron chi connectivity index (χ1n) is 12.4. The summed E-state index contributed by atoms with van der Waals surface area (Å²) in [5.74, 6) is 2.07. The molecule has 8 nitrogen and oxygen atoms in total. The van der Waals surface area contributed by atoms with Gasteiger partial charge < -0.3 is 9.47 Å². The van der Waals surface area contributed by atoms with E-state index in [2.05, 4.69) is 9.44 Å². The molecule has 2 aromatic rings. The normalized spacial score (nSPS) is 12.3. The lowest BCUT2D eigenvalue weighted by molar-refractivity contribution is 0.271. The van der Waals surface area contributed by atoms with Gasteiger partial charge in [-0.3, -0.25) is 0 Å². The second-order valence-electron chi connectivity index (χ2n) is 9.56. The second kappa shape index (κ2) is 14.6. The lowest BCUT2D eigenvalue weighted by atomic mass is 10.2. The van der Waals surface area contributed by atoms with Crippen LogP contribution in [0.25, 0.3) is 0 Å². The van der Waals surface area contributed by atoms with Crippen LogP contribution in [0.4, 0.5) is 0 Å². The van der Waals surface area contributed by atoms with Crippen LogP contribution in [0.5, 0.6) is 11.5 Å². The van der Waals surface area contributed by atoms with Gasteiger partial charge in [-0.25, -0.2) is 26.3 Å². The molecular formula is C26H40N2O6S2. The average Bonchev–Trinajstić information content (AvgIpc) is 2.83. The van der Waals surface area contributed by atoms with Crippen LogP contribution in [0.3, 0.4) is 0 Å². The monoisotopic (exact) mass is 540 g/mol. The van der Waals surface area contributed by atoms with E-state index < -0.39 is 20.0 Å². The van der Waals surface area contributed by atoms with Crippen LogP contribution in [0.2, 0.25) is 0 Å². The molecule has 0 unspecified atom stereocenters. The minimum absolute atomic E-state index is 0.202. The minimum Gasteiger partial charge on any atom is -0.493 e. The van der Waals surface area contributed by atoms with Crippen molar-refractivity contribution in [1.29, 1.82) is 0 Å². The van der Waals surface area contributed by atoms with E-state index in [1.807, 2.05) is 27.7 Å². The number of hydrogen-bond donors (Lipinski definition) is 2. The molecule has 0 fully saturated rings. The molecule has 202 valence electrons. The number of hydrogen-bond acceptors (Lipinski definition) is 6. The van der Waals surface area contributed by atoms with E-state index in [4.69, 9.17) is 9.47 Å². The van der Waals surface area contributed by atoms with E-state index in [1.165, 1.54) is 24.3 Å². The summed E-state index contributed by atoms with van der Waals surface area (Å²) >= 11 is 0.